The van der Waals surface area contributed by atoms with E-state index in [-0.39, 0.29) is 12.5 Å². The molecule has 1 N–H and O–H groups in total. The Hall–Kier alpha value is -1.35. The van der Waals surface area contributed by atoms with Crippen LogP contribution in [0.2, 0.25) is 0 Å². The topological polar surface area (TPSA) is 40.5 Å². The summed E-state index contributed by atoms with van der Waals surface area (Å²) in [4.78, 5) is 13.9. The van der Waals surface area contributed by atoms with Crippen molar-refractivity contribution in [1.82, 2.24) is 4.90 Å². The maximum absolute atomic E-state index is 12.2. The minimum atomic E-state index is 0.0295. The lowest BCUT2D eigenvalue weighted by atomic mass is 10.0. The molecule has 1 rings (SSSR count). The van der Waals surface area contributed by atoms with Gasteiger partial charge in [0.1, 0.15) is 0 Å². The lowest BCUT2D eigenvalue weighted by Crippen LogP contribution is -2.35. The Kier molecular flexibility index (Phi) is 7.97. The summed E-state index contributed by atoms with van der Waals surface area (Å²) in [5.74, 6) is 0.0993. The van der Waals surface area contributed by atoms with Crippen molar-refractivity contribution in [3.8, 4) is 0 Å². The van der Waals surface area contributed by atoms with Gasteiger partial charge in [-0.1, -0.05) is 44.5 Å². The van der Waals surface area contributed by atoms with Crippen LogP contribution in [0, 0.1) is 0 Å². The zero-order chi connectivity index (χ0) is 14.8. The van der Waals surface area contributed by atoms with E-state index in [0.717, 1.165) is 18.4 Å². The van der Waals surface area contributed by atoms with E-state index in [1.54, 1.807) is 4.90 Å². The molecule has 0 aliphatic rings. The van der Waals surface area contributed by atoms with E-state index in [2.05, 4.69) is 19.1 Å². The SMILES string of the molecule is CCCCc1ccc(CC(=O)N(CCC)CCO)cc1. The van der Waals surface area contributed by atoms with Crippen LogP contribution in [0.3, 0.4) is 0 Å². The molecule has 0 radical (unpaired) electrons. The van der Waals surface area contributed by atoms with Gasteiger partial charge in [0.15, 0.2) is 0 Å². The van der Waals surface area contributed by atoms with Gasteiger partial charge in [0.05, 0.1) is 13.0 Å². The zero-order valence-electron chi connectivity index (χ0n) is 12.8. The highest BCUT2D eigenvalue weighted by Crippen LogP contribution is 2.09. The number of carbonyl (C=O) groups is 1. The third-order valence-corrected chi connectivity index (χ3v) is 3.41. The van der Waals surface area contributed by atoms with Gasteiger partial charge in [-0.3, -0.25) is 4.79 Å². The number of aliphatic hydroxyl groups excluding tert-OH is 1. The van der Waals surface area contributed by atoms with E-state index < -0.39 is 0 Å². The molecular formula is C17H27NO2. The molecule has 1 amide bonds. The van der Waals surface area contributed by atoms with Crippen molar-refractivity contribution in [2.24, 2.45) is 0 Å². The summed E-state index contributed by atoms with van der Waals surface area (Å²) in [5.41, 5.74) is 2.39. The summed E-state index contributed by atoms with van der Waals surface area (Å²) >= 11 is 0. The van der Waals surface area contributed by atoms with Gasteiger partial charge in [-0.05, 0) is 30.4 Å². The summed E-state index contributed by atoms with van der Waals surface area (Å²) in [6, 6.07) is 8.33. The molecule has 1 aromatic carbocycles. The van der Waals surface area contributed by atoms with Gasteiger partial charge in [-0.15, -0.1) is 0 Å². The minimum absolute atomic E-state index is 0.0295. The van der Waals surface area contributed by atoms with Crippen LogP contribution in [-0.4, -0.2) is 35.6 Å². The van der Waals surface area contributed by atoms with Crippen molar-refractivity contribution < 1.29 is 9.90 Å². The molecule has 0 fully saturated rings. The zero-order valence-corrected chi connectivity index (χ0v) is 12.8. The van der Waals surface area contributed by atoms with Crippen LogP contribution < -0.4 is 0 Å². The van der Waals surface area contributed by atoms with Crippen LogP contribution in [0.4, 0.5) is 0 Å². The maximum atomic E-state index is 12.2. The van der Waals surface area contributed by atoms with Gasteiger partial charge in [0.2, 0.25) is 5.91 Å². The normalized spacial score (nSPS) is 10.6. The molecule has 0 aliphatic heterocycles. The molecule has 0 unspecified atom stereocenters. The summed E-state index contributed by atoms with van der Waals surface area (Å²) in [7, 11) is 0. The molecule has 0 spiro atoms. The number of rotatable bonds is 9. The third kappa shape index (κ3) is 5.74. The molecule has 3 heteroatoms. The number of aryl methyl sites for hydroxylation is 1. The molecule has 1 aromatic rings. The molecule has 20 heavy (non-hydrogen) atoms. The molecule has 3 nitrogen and oxygen atoms in total. The van der Waals surface area contributed by atoms with Crippen LogP contribution in [0.25, 0.3) is 0 Å². The Morgan fingerprint density at radius 3 is 2.25 bits per heavy atom. The second-order valence-corrected chi connectivity index (χ2v) is 5.20. The third-order valence-electron chi connectivity index (χ3n) is 3.41. The molecule has 0 bridgehead atoms. The van der Waals surface area contributed by atoms with Crippen LogP contribution >= 0.6 is 0 Å². The van der Waals surface area contributed by atoms with Gasteiger partial charge in [-0.25, -0.2) is 0 Å². The molecule has 0 aromatic heterocycles. The maximum Gasteiger partial charge on any atom is 0.227 e. The van der Waals surface area contributed by atoms with Gasteiger partial charge in [0, 0.05) is 13.1 Å². The average molecular weight is 277 g/mol. The Morgan fingerprint density at radius 1 is 1.05 bits per heavy atom. The monoisotopic (exact) mass is 277 g/mol. The second-order valence-electron chi connectivity index (χ2n) is 5.20. The number of unbranched alkanes of at least 4 members (excludes halogenated alkanes) is 1. The molecule has 112 valence electrons. The fourth-order valence-corrected chi connectivity index (χ4v) is 2.24. The van der Waals surface area contributed by atoms with Crippen molar-refractivity contribution in [1.29, 1.82) is 0 Å². The molecule has 0 heterocycles. The smallest absolute Gasteiger partial charge is 0.227 e. The lowest BCUT2D eigenvalue weighted by molar-refractivity contribution is -0.131. The number of carbonyl (C=O) groups excluding carboxylic acids is 1. The minimum Gasteiger partial charge on any atom is -0.395 e. The van der Waals surface area contributed by atoms with Gasteiger partial charge in [0.25, 0.3) is 0 Å². The number of benzene rings is 1. The van der Waals surface area contributed by atoms with Crippen LogP contribution in [0.5, 0.6) is 0 Å². The summed E-state index contributed by atoms with van der Waals surface area (Å²) in [6.45, 7) is 5.41. The molecular weight excluding hydrogens is 250 g/mol. The van der Waals surface area contributed by atoms with Gasteiger partial charge in [-0.2, -0.15) is 0 Å². The molecule has 0 saturated carbocycles. The number of nitrogens with zero attached hydrogens (tertiary/aromatic N) is 1. The average Bonchev–Trinajstić information content (AvgIpc) is 2.46. The van der Waals surface area contributed by atoms with E-state index in [9.17, 15) is 4.79 Å². The lowest BCUT2D eigenvalue weighted by Gasteiger charge is -2.21. The van der Waals surface area contributed by atoms with Crippen molar-refractivity contribution in [3.63, 3.8) is 0 Å². The first-order valence-electron chi connectivity index (χ1n) is 7.67. The van der Waals surface area contributed by atoms with Crippen LogP contribution in [-0.2, 0) is 17.6 Å². The quantitative estimate of drug-likeness (QED) is 0.754. The fourth-order valence-electron chi connectivity index (χ4n) is 2.24. The van der Waals surface area contributed by atoms with Crippen LogP contribution in [0.1, 0.15) is 44.2 Å². The van der Waals surface area contributed by atoms with E-state index in [0.29, 0.717) is 19.5 Å². The highest BCUT2D eigenvalue weighted by atomic mass is 16.3. The fraction of sp³-hybridized carbons (Fsp3) is 0.588. The van der Waals surface area contributed by atoms with Crippen molar-refractivity contribution in [2.75, 3.05) is 19.7 Å². The first-order chi connectivity index (χ1) is 9.71. The Balaban J connectivity index is 2.55. The summed E-state index contributed by atoms with van der Waals surface area (Å²) in [6.07, 6.45) is 4.86. The molecule has 0 aliphatic carbocycles. The number of amides is 1. The number of hydrogen-bond donors (Lipinski definition) is 1. The van der Waals surface area contributed by atoms with Gasteiger partial charge < -0.3 is 10.0 Å². The number of hydrogen-bond acceptors (Lipinski definition) is 2. The van der Waals surface area contributed by atoms with Crippen LogP contribution in [0.15, 0.2) is 24.3 Å². The summed E-state index contributed by atoms with van der Waals surface area (Å²) in [5, 5.41) is 9.00. The Morgan fingerprint density at radius 2 is 1.70 bits per heavy atom. The second kappa shape index (κ2) is 9.54. The van der Waals surface area contributed by atoms with Crippen molar-refractivity contribution >= 4 is 5.91 Å². The van der Waals surface area contributed by atoms with E-state index in [4.69, 9.17) is 5.11 Å². The predicted octanol–water partition coefficient (Wildman–Crippen LogP) is 2.80. The van der Waals surface area contributed by atoms with E-state index >= 15 is 0 Å². The van der Waals surface area contributed by atoms with Gasteiger partial charge >= 0.3 is 0 Å². The van der Waals surface area contributed by atoms with E-state index in [1.165, 1.54) is 18.4 Å². The Labute approximate surface area is 122 Å². The first-order valence-corrected chi connectivity index (χ1v) is 7.67. The number of aliphatic hydroxyl groups is 1. The summed E-state index contributed by atoms with van der Waals surface area (Å²) < 4.78 is 0. The largest absolute Gasteiger partial charge is 0.395 e. The standard InChI is InChI=1S/C17H27NO2/c1-3-5-6-15-7-9-16(10-8-15)14-17(20)18(11-4-2)12-13-19/h7-10,19H,3-6,11-14H2,1-2H3. The van der Waals surface area contributed by atoms with Crippen molar-refractivity contribution in [2.45, 2.75) is 46.0 Å². The van der Waals surface area contributed by atoms with Crippen molar-refractivity contribution in [3.05, 3.63) is 35.4 Å². The highest BCUT2D eigenvalue weighted by Gasteiger charge is 2.12. The molecule has 0 atom stereocenters. The molecule has 0 saturated heterocycles. The Bertz CT molecular complexity index is 380. The van der Waals surface area contributed by atoms with E-state index in [1.807, 2.05) is 19.1 Å². The predicted molar refractivity (Wildman–Crippen MR) is 82.7 cm³/mol. The highest BCUT2D eigenvalue weighted by molar-refractivity contribution is 5.78. The first kappa shape index (κ1) is 16.7.